The molecule has 55 heavy (non-hydrogen) atoms. The Balaban J connectivity index is 3.89. The van der Waals surface area contributed by atoms with Crippen LogP contribution in [0.4, 0.5) is 0 Å². The molecule has 0 spiro atoms. The zero-order valence-corrected chi connectivity index (χ0v) is 36.6. The third kappa shape index (κ3) is 43.0. The second-order valence-electron chi connectivity index (χ2n) is 15.7. The first-order valence-corrected chi connectivity index (χ1v) is 24.6. The fourth-order valence-electron chi connectivity index (χ4n) is 6.79. The van der Waals surface area contributed by atoms with Gasteiger partial charge in [0, 0.05) is 6.42 Å². The third-order valence-electron chi connectivity index (χ3n) is 10.2. The van der Waals surface area contributed by atoms with E-state index in [-0.39, 0.29) is 12.3 Å². The molecule has 1 amide bonds. The number of nitrogens with one attached hydrogen (secondary N) is 1. The Morgan fingerprint density at radius 3 is 1.29 bits per heavy atom. The van der Waals surface area contributed by atoms with Crippen molar-refractivity contribution in [3.05, 3.63) is 60.8 Å². The normalized spacial score (nSPS) is 13.7. The first-order valence-electron chi connectivity index (χ1n) is 23.0. The van der Waals surface area contributed by atoms with E-state index >= 15 is 0 Å². The van der Waals surface area contributed by atoms with Crippen LogP contribution >= 0.6 is 0 Å². The highest BCUT2D eigenvalue weighted by Crippen LogP contribution is 2.15. The summed E-state index contributed by atoms with van der Waals surface area (Å²) < 4.78 is 32.6. The van der Waals surface area contributed by atoms with Gasteiger partial charge in [-0.2, -0.15) is 8.42 Å². The molecule has 0 aromatic heterocycles. The lowest BCUT2D eigenvalue weighted by Gasteiger charge is -2.21. The van der Waals surface area contributed by atoms with Crippen molar-refractivity contribution < 1.29 is 22.9 Å². The molecule has 0 aliphatic rings. The average Bonchev–Trinajstić information content (AvgIpc) is 3.15. The van der Waals surface area contributed by atoms with Gasteiger partial charge in [-0.15, -0.1) is 0 Å². The summed E-state index contributed by atoms with van der Waals surface area (Å²) in [5, 5.41) is 13.3. The fraction of sp³-hybridized carbons (Fsp3) is 0.771. The maximum atomic E-state index is 12.6. The number of hydrogen-bond donors (Lipinski definition) is 3. The highest BCUT2D eigenvalue weighted by molar-refractivity contribution is 7.85. The van der Waals surface area contributed by atoms with E-state index in [0.717, 1.165) is 83.5 Å². The molecule has 0 heterocycles. The summed E-state index contributed by atoms with van der Waals surface area (Å²) in [6.45, 7) is 4.43. The van der Waals surface area contributed by atoms with E-state index in [1.54, 1.807) is 6.08 Å². The van der Waals surface area contributed by atoms with Crippen molar-refractivity contribution >= 4 is 16.0 Å². The third-order valence-corrected chi connectivity index (χ3v) is 11.0. The van der Waals surface area contributed by atoms with E-state index in [1.807, 2.05) is 6.08 Å². The highest BCUT2D eigenvalue weighted by Gasteiger charge is 2.24. The van der Waals surface area contributed by atoms with E-state index in [1.165, 1.54) is 109 Å². The minimum atomic E-state index is -4.35. The minimum absolute atomic E-state index is 0.277. The van der Waals surface area contributed by atoms with Crippen LogP contribution in [0.25, 0.3) is 0 Å². The van der Waals surface area contributed by atoms with Crippen LogP contribution in [0.5, 0.6) is 0 Å². The number of hydrogen-bond acceptors (Lipinski definition) is 4. The molecular formula is C48H87NO5S. The lowest BCUT2D eigenvalue weighted by Crippen LogP contribution is -2.46. The largest absolute Gasteiger partial charge is 0.387 e. The van der Waals surface area contributed by atoms with Gasteiger partial charge in [-0.25, -0.2) is 0 Å². The fourth-order valence-corrected chi connectivity index (χ4v) is 7.53. The summed E-state index contributed by atoms with van der Waals surface area (Å²) in [4.78, 5) is 12.6. The van der Waals surface area contributed by atoms with Gasteiger partial charge in [0.25, 0.3) is 10.1 Å². The molecule has 0 aromatic rings. The Labute approximate surface area is 341 Å². The summed E-state index contributed by atoms with van der Waals surface area (Å²) in [5.74, 6) is -0.998. The molecule has 0 rings (SSSR count). The molecule has 7 heteroatoms. The van der Waals surface area contributed by atoms with E-state index in [2.05, 4.69) is 67.8 Å². The number of rotatable bonds is 41. The molecule has 0 radical (unpaired) electrons. The Morgan fingerprint density at radius 1 is 0.509 bits per heavy atom. The van der Waals surface area contributed by atoms with Gasteiger partial charge in [0.05, 0.1) is 17.9 Å². The number of amides is 1. The summed E-state index contributed by atoms with van der Waals surface area (Å²) in [6.07, 6.45) is 57.8. The van der Waals surface area contributed by atoms with Gasteiger partial charge in [-0.05, 0) is 57.8 Å². The zero-order valence-electron chi connectivity index (χ0n) is 35.8. The van der Waals surface area contributed by atoms with Crippen LogP contribution in [-0.2, 0) is 14.9 Å². The molecule has 0 saturated heterocycles. The number of unbranched alkanes of at least 4 members (excludes halogenated alkanes) is 25. The van der Waals surface area contributed by atoms with E-state index in [9.17, 15) is 22.9 Å². The molecule has 6 nitrogen and oxygen atoms in total. The van der Waals surface area contributed by atoms with Crippen molar-refractivity contribution in [3.63, 3.8) is 0 Å². The van der Waals surface area contributed by atoms with Crippen LogP contribution in [0, 0.1) is 0 Å². The molecule has 0 aliphatic heterocycles. The van der Waals surface area contributed by atoms with Crippen molar-refractivity contribution in [2.24, 2.45) is 0 Å². The average molecular weight is 790 g/mol. The summed E-state index contributed by atoms with van der Waals surface area (Å²) in [6, 6.07) is -1.07. The monoisotopic (exact) mass is 790 g/mol. The van der Waals surface area contributed by atoms with Crippen molar-refractivity contribution in [3.8, 4) is 0 Å². The lowest BCUT2D eigenvalue weighted by molar-refractivity contribution is -0.122. The summed E-state index contributed by atoms with van der Waals surface area (Å²) >= 11 is 0. The number of aliphatic hydroxyl groups excluding tert-OH is 1. The highest BCUT2D eigenvalue weighted by atomic mass is 32.2. The van der Waals surface area contributed by atoms with Gasteiger partial charge in [0.1, 0.15) is 0 Å². The van der Waals surface area contributed by atoms with E-state index in [0.29, 0.717) is 6.42 Å². The Bertz CT molecular complexity index is 1090. The molecule has 0 aromatic carbocycles. The Kier molecular flexibility index (Phi) is 40.2. The van der Waals surface area contributed by atoms with Crippen molar-refractivity contribution in [2.45, 2.75) is 231 Å². The van der Waals surface area contributed by atoms with Gasteiger partial charge in [-0.1, -0.05) is 216 Å². The van der Waals surface area contributed by atoms with Crippen LogP contribution < -0.4 is 5.32 Å². The predicted octanol–water partition coefficient (Wildman–Crippen LogP) is 14.0. The lowest BCUT2D eigenvalue weighted by atomic mass is 10.0. The number of carbonyl (C=O) groups is 1. The van der Waals surface area contributed by atoms with E-state index < -0.39 is 28.0 Å². The van der Waals surface area contributed by atoms with Gasteiger partial charge < -0.3 is 10.4 Å². The van der Waals surface area contributed by atoms with Gasteiger partial charge in [-0.3, -0.25) is 9.35 Å². The van der Waals surface area contributed by atoms with Crippen molar-refractivity contribution in [1.29, 1.82) is 0 Å². The minimum Gasteiger partial charge on any atom is -0.387 e. The van der Waals surface area contributed by atoms with Crippen LogP contribution in [0.3, 0.4) is 0 Å². The summed E-state index contributed by atoms with van der Waals surface area (Å²) in [7, 11) is -4.35. The van der Waals surface area contributed by atoms with Gasteiger partial charge in [0.2, 0.25) is 5.91 Å². The second kappa shape index (κ2) is 41.7. The number of carbonyl (C=O) groups excluding carboxylic acids is 1. The Morgan fingerprint density at radius 2 is 0.873 bits per heavy atom. The SMILES string of the molecule is CC/C=C\C/C=C\C/C=C\C/C=C\CCCCCCCCC(=O)NC(CS(=O)(=O)O)C(O)/C=C/CCCCCCCCCCCCCCCCCCCCC. The molecule has 320 valence electrons. The van der Waals surface area contributed by atoms with Crippen molar-refractivity contribution in [2.75, 3.05) is 5.75 Å². The Hall–Kier alpha value is -1.96. The van der Waals surface area contributed by atoms with Crippen molar-refractivity contribution in [1.82, 2.24) is 5.32 Å². The molecule has 2 unspecified atom stereocenters. The first kappa shape index (κ1) is 53.0. The van der Waals surface area contributed by atoms with Crippen LogP contribution in [0.15, 0.2) is 60.8 Å². The molecule has 0 saturated carbocycles. The molecule has 0 fully saturated rings. The standard InChI is InChI=1S/C48H87NO5S/c1-3-5-7-9-11-13-15-17-19-21-23-24-26-27-29-31-33-35-37-39-41-43-47(50)46(45-55(52,53)54)49-48(51)44-42-40-38-36-34-32-30-28-25-22-20-18-16-14-12-10-8-6-4-2/h6,8,12,14,18,20,25,28,41,43,46-47,50H,3-5,7,9-11,13,15-17,19,21-24,26-27,29-40,42,44-45H2,1-2H3,(H,49,51)(H,52,53,54)/b8-6-,14-12-,20-18-,28-25-,43-41+. The van der Waals surface area contributed by atoms with Crippen LogP contribution in [-0.4, -0.2) is 41.9 Å². The number of aliphatic hydroxyl groups is 1. The summed E-state index contributed by atoms with van der Waals surface area (Å²) in [5.41, 5.74) is 0. The number of allylic oxidation sites excluding steroid dienone is 9. The molecule has 0 aliphatic carbocycles. The molecular weight excluding hydrogens is 703 g/mol. The smallest absolute Gasteiger partial charge is 0.267 e. The predicted molar refractivity (Wildman–Crippen MR) is 239 cm³/mol. The zero-order chi connectivity index (χ0) is 40.3. The first-order chi connectivity index (χ1) is 26.8. The van der Waals surface area contributed by atoms with Crippen LogP contribution in [0.2, 0.25) is 0 Å². The second-order valence-corrected chi connectivity index (χ2v) is 17.2. The molecule has 0 bridgehead atoms. The molecule has 2 atom stereocenters. The quantitative estimate of drug-likeness (QED) is 0.0325. The van der Waals surface area contributed by atoms with Crippen LogP contribution in [0.1, 0.15) is 219 Å². The van der Waals surface area contributed by atoms with Gasteiger partial charge >= 0.3 is 0 Å². The topological polar surface area (TPSA) is 104 Å². The van der Waals surface area contributed by atoms with Gasteiger partial charge in [0.15, 0.2) is 0 Å². The van der Waals surface area contributed by atoms with E-state index in [4.69, 9.17) is 0 Å². The maximum absolute atomic E-state index is 12.6. The maximum Gasteiger partial charge on any atom is 0.267 e. The molecule has 3 N–H and O–H groups in total.